The fraction of sp³-hybridized carbons (Fsp3) is 0. The molecular formula is C14H8N6O. The average molecular weight is 276 g/mol. The zero-order valence-electron chi connectivity index (χ0n) is 10.7. The first-order chi connectivity index (χ1) is 10.4. The number of aromatic nitrogens is 6. The van der Waals surface area contributed by atoms with Gasteiger partial charge in [0.25, 0.3) is 0 Å². The Labute approximate surface area is 116 Å². The molecule has 0 unspecified atom stereocenters. The van der Waals surface area contributed by atoms with E-state index in [1.165, 1.54) is 0 Å². The normalized spacial score (nSPS) is 11.8. The van der Waals surface area contributed by atoms with Crippen molar-refractivity contribution in [2.24, 2.45) is 0 Å². The number of nitrogens with one attached hydrogen (secondary N) is 2. The van der Waals surface area contributed by atoms with Crippen molar-refractivity contribution in [3.05, 3.63) is 36.5 Å². The summed E-state index contributed by atoms with van der Waals surface area (Å²) in [6, 6.07) is 9.62. The van der Waals surface area contributed by atoms with E-state index in [1.54, 1.807) is 0 Å². The zero-order chi connectivity index (χ0) is 13.8. The van der Waals surface area contributed by atoms with Gasteiger partial charge in [0.1, 0.15) is 11.0 Å². The molecule has 5 rings (SSSR count). The molecule has 0 aliphatic heterocycles. The smallest absolute Gasteiger partial charge is 0.162 e. The van der Waals surface area contributed by atoms with Crippen molar-refractivity contribution in [2.45, 2.75) is 0 Å². The van der Waals surface area contributed by atoms with Gasteiger partial charge >= 0.3 is 0 Å². The molecule has 0 spiro atoms. The van der Waals surface area contributed by atoms with Gasteiger partial charge in [0.2, 0.25) is 0 Å². The van der Waals surface area contributed by atoms with Crippen molar-refractivity contribution in [1.29, 1.82) is 0 Å². The SMILES string of the molecule is c1cc(-c2nc3cc4c[nH][nH]c4cc3n2)c2nonc2c1. The number of H-pyrrole nitrogens is 2. The molecule has 0 amide bonds. The largest absolute Gasteiger partial charge is 0.307 e. The van der Waals surface area contributed by atoms with Crippen LogP contribution in [0.15, 0.2) is 41.2 Å². The van der Waals surface area contributed by atoms with Crippen LogP contribution in [0.4, 0.5) is 0 Å². The van der Waals surface area contributed by atoms with Crippen LogP contribution in [0.2, 0.25) is 0 Å². The summed E-state index contributed by atoms with van der Waals surface area (Å²) >= 11 is 0. The Bertz CT molecular complexity index is 1050. The Morgan fingerprint density at radius 1 is 0.952 bits per heavy atom. The summed E-state index contributed by atoms with van der Waals surface area (Å²) in [7, 11) is 0. The second kappa shape index (κ2) is 3.66. The van der Waals surface area contributed by atoms with Gasteiger partial charge in [-0.1, -0.05) is 6.07 Å². The van der Waals surface area contributed by atoms with E-state index in [2.05, 4.69) is 30.5 Å². The molecule has 0 saturated carbocycles. The minimum atomic E-state index is 0.628. The maximum Gasteiger partial charge on any atom is 0.162 e. The summed E-state index contributed by atoms with van der Waals surface area (Å²) < 4.78 is 4.79. The summed E-state index contributed by atoms with van der Waals surface area (Å²) in [4.78, 5) is 9.18. The fourth-order valence-corrected chi connectivity index (χ4v) is 2.55. The molecule has 0 saturated heterocycles. The van der Waals surface area contributed by atoms with Crippen LogP contribution in [0.3, 0.4) is 0 Å². The molecule has 0 radical (unpaired) electrons. The predicted octanol–water partition coefficient (Wildman–Crippen LogP) is 2.64. The molecule has 5 aromatic rings. The molecule has 0 atom stereocenters. The average Bonchev–Trinajstić information content (AvgIpc) is 3.21. The second-order valence-corrected chi connectivity index (χ2v) is 4.83. The van der Waals surface area contributed by atoms with Crippen LogP contribution in [0.1, 0.15) is 0 Å². The van der Waals surface area contributed by atoms with E-state index < -0.39 is 0 Å². The highest BCUT2D eigenvalue weighted by Gasteiger charge is 2.14. The van der Waals surface area contributed by atoms with Crippen molar-refractivity contribution >= 4 is 33.0 Å². The minimum absolute atomic E-state index is 0.628. The van der Waals surface area contributed by atoms with Gasteiger partial charge < -0.3 is 10.2 Å². The quantitative estimate of drug-likeness (QED) is 0.490. The fourth-order valence-electron chi connectivity index (χ4n) is 2.55. The van der Waals surface area contributed by atoms with E-state index in [0.29, 0.717) is 16.9 Å². The van der Waals surface area contributed by atoms with Crippen molar-refractivity contribution in [1.82, 2.24) is 30.5 Å². The highest BCUT2D eigenvalue weighted by molar-refractivity contribution is 5.96. The van der Waals surface area contributed by atoms with Crippen molar-refractivity contribution < 1.29 is 4.63 Å². The number of hydrogen-bond acceptors (Lipinski definition) is 5. The van der Waals surface area contributed by atoms with Gasteiger partial charge in [-0.2, -0.15) is 0 Å². The Balaban J connectivity index is 1.82. The summed E-state index contributed by atoms with van der Waals surface area (Å²) in [6.07, 6.45) is 1.89. The molecule has 2 aromatic carbocycles. The molecule has 0 fully saturated rings. The van der Waals surface area contributed by atoms with Crippen molar-refractivity contribution in [3.63, 3.8) is 0 Å². The number of nitrogens with zero attached hydrogens (tertiary/aromatic N) is 4. The third-order valence-corrected chi connectivity index (χ3v) is 3.56. The van der Waals surface area contributed by atoms with Crippen LogP contribution < -0.4 is 0 Å². The number of aromatic amines is 2. The summed E-state index contributed by atoms with van der Waals surface area (Å²) in [5, 5.41) is 14.9. The molecule has 3 aromatic heterocycles. The molecule has 2 N–H and O–H groups in total. The maximum atomic E-state index is 4.79. The Morgan fingerprint density at radius 2 is 1.86 bits per heavy atom. The molecule has 3 heterocycles. The van der Waals surface area contributed by atoms with E-state index >= 15 is 0 Å². The number of rotatable bonds is 1. The van der Waals surface area contributed by atoms with E-state index in [-0.39, 0.29) is 0 Å². The van der Waals surface area contributed by atoms with Crippen LogP contribution in [0.25, 0.3) is 44.4 Å². The first kappa shape index (κ1) is 10.6. The highest BCUT2D eigenvalue weighted by Crippen LogP contribution is 2.27. The summed E-state index contributed by atoms with van der Waals surface area (Å²) in [5.74, 6) is 0.628. The Hall–Kier alpha value is -3.22. The topological polar surface area (TPSA) is 96.3 Å². The van der Waals surface area contributed by atoms with Crippen LogP contribution >= 0.6 is 0 Å². The maximum absolute atomic E-state index is 4.79. The van der Waals surface area contributed by atoms with Crippen LogP contribution in [-0.2, 0) is 0 Å². The summed E-state index contributed by atoms with van der Waals surface area (Å²) in [6.45, 7) is 0. The van der Waals surface area contributed by atoms with Crippen LogP contribution in [0, 0.1) is 0 Å². The third kappa shape index (κ3) is 1.42. The highest BCUT2D eigenvalue weighted by atomic mass is 16.6. The first-order valence-electron chi connectivity index (χ1n) is 6.43. The van der Waals surface area contributed by atoms with Gasteiger partial charge in [-0.3, -0.25) is 0 Å². The minimum Gasteiger partial charge on any atom is -0.307 e. The van der Waals surface area contributed by atoms with E-state index in [1.807, 2.05) is 36.5 Å². The summed E-state index contributed by atoms with van der Waals surface area (Å²) in [5.41, 5.74) is 4.87. The molecule has 100 valence electrons. The number of imidazole rings is 1. The molecule has 21 heavy (non-hydrogen) atoms. The number of fused-ring (bicyclic) bond motifs is 3. The monoisotopic (exact) mass is 276 g/mol. The van der Waals surface area contributed by atoms with Crippen molar-refractivity contribution in [2.75, 3.05) is 0 Å². The van der Waals surface area contributed by atoms with E-state index in [4.69, 9.17) is 4.63 Å². The standard InChI is InChI=1S/C14H8N6O/c1-2-8(13-9(3-1)19-21-20-13)14-16-11-4-7-6-15-18-10(7)5-12(11)17-14/h1-6,15,18H. The number of benzene rings is 2. The van der Waals surface area contributed by atoms with Gasteiger partial charge in [0, 0.05) is 11.6 Å². The lowest BCUT2D eigenvalue weighted by atomic mass is 10.2. The Kier molecular flexibility index (Phi) is 1.84. The first-order valence-corrected chi connectivity index (χ1v) is 6.43. The van der Waals surface area contributed by atoms with E-state index in [9.17, 15) is 0 Å². The molecule has 7 nitrogen and oxygen atoms in total. The van der Waals surface area contributed by atoms with Gasteiger partial charge in [-0.25, -0.2) is 14.6 Å². The van der Waals surface area contributed by atoms with Crippen LogP contribution in [0.5, 0.6) is 0 Å². The molecule has 0 aliphatic rings. The lowest BCUT2D eigenvalue weighted by Crippen LogP contribution is -1.82. The predicted molar refractivity (Wildman–Crippen MR) is 76.5 cm³/mol. The molecule has 0 bridgehead atoms. The third-order valence-electron chi connectivity index (χ3n) is 3.56. The van der Waals surface area contributed by atoms with Gasteiger partial charge in [-0.15, -0.1) is 0 Å². The van der Waals surface area contributed by atoms with Crippen molar-refractivity contribution in [3.8, 4) is 11.4 Å². The molecule has 0 aliphatic carbocycles. The lowest BCUT2D eigenvalue weighted by Gasteiger charge is -1.93. The second-order valence-electron chi connectivity index (χ2n) is 4.83. The number of hydrogen-bond donors (Lipinski definition) is 2. The van der Waals surface area contributed by atoms with Gasteiger partial charge in [0.05, 0.1) is 22.1 Å². The van der Waals surface area contributed by atoms with Gasteiger partial charge in [-0.05, 0) is 34.6 Å². The molecular weight excluding hydrogens is 268 g/mol. The Morgan fingerprint density at radius 3 is 2.81 bits per heavy atom. The lowest BCUT2D eigenvalue weighted by molar-refractivity contribution is 0.315. The molecule has 7 heteroatoms. The van der Waals surface area contributed by atoms with Crippen LogP contribution in [-0.4, -0.2) is 30.5 Å². The zero-order valence-corrected chi connectivity index (χ0v) is 10.7. The van der Waals surface area contributed by atoms with Gasteiger partial charge in [0.15, 0.2) is 5.82 Å². The van der Waals surface area contributed by atoms with E-state index in [0.717, 1.165) is 27.5 Å².